The molecule has 0 aliphatic heterocycles. The van der Waals surface area contributed by atoms with Crippen molar-refractivity contribution in [3.63, 3.8) is 0 Å². The van der Waals surface area contributed by atoms with E-state index in [4.69, 9.17) is 9.22 Å². The van der Waals surface area contributed by atoms with E-state index in [1.165, 1.54) is 0 Å². The Labute approximate surface area is 120 Å². The van der Waals surface area contributed by atoms with Crippen molar-refractivity contribution in [2.75, 3.05) is 0 Å². The average molecular weight is 284 g/mol. The van der Waals surface area contributed by atoms with Crippen molar-refractivity contribution < 1.29 is 9.22 Å². The van der Waals surface area contributed by atoms with Crippen molar-refractivity contribution >= 4 is 23.1 Å². The zero-order chi connectivity index (χ0) is 13.8. The summed E-state index contributed by atoms with van der Waals surface area (Å²) in [4.78, 5) is 15.0. The second kappa shape index (κ2) is 5.90. The van der Waals surface area contributed by atoms with Crippen molar-refractivity contribution in [1.29, 1.82) is 0 Å². The number of hydrogen-bond acceptors (Lipinski definition) is 5. The van der Waals surface area contributed by atoms with Crippen LogP contribution < -0.4 is 4.89 Å². The van der Waals surface area contributed by atoms with Gasteiger partial charge in [0.1, 0.15) is 5.69 Å². The Morgan fingerprint density at radius 3 is 2.25 bits per heavy atom. The lowest BCUT2D eigenvalue weighted by molar-refractivity contribution is -0.0831. The smallest absolute Gasteiger partial charge is 0.279 e. The second-order valence-corrected chi connectivity index (χ2v) is 4.92. The molecule has 0 N–H and O–H groups in total. The standard InChI is InChI=1S/C15H12N2O2S/c1-11-15(17-14-10-6-5-9-13(14)16-11)18-19-20-12-7-3-2-4-8-12/h2-10H,1H3. The Hall–Kier alpha value is -2.11. The van der Waals surface area contributed by atoms with E-state index in [0.29, 0.717) is 11.6 Å². The molecular formula is C15H12N2O2S. The van der Waals surface area contributed by atoms with Crippen molar-refractivity contribution in [2.24, 2.45) is 0 Å². The number of aryl methyl sites for hydroxylation is 1. The minimum atomic E-state index is 0.382. The van der Waals surface area contributed by atoms with Gasteiger partial charge in [0.25, 0.3) is 5.88 Å². The van der Waals surface area contributed by atoms with Crippen LogP contribution in [-0.4, -0.2) is 9.97 Å². The highest BCUT2D eigenvalue weighted by atomic mass is 32.2. The lowest BCUT2D eigenvalue weighted by Crippen LogP contribution is -1.98. The van der Waals surface area contributed by atoms with Crippen LogP contribution in [0.4, 0.5) is 0 Å². The number of nitrogens with zero attached hydrogens (tertiary/aromatic N) is 2. The van der Waals surface area contributed by atoms with Gasteiger partial charge in [-0.3, -0.25) is 0 Å². The minimum absolute atomic E-state index is 0.382. The molecule has 4 nitrogen and oxygen atoms in total. The van der Waals surface area contributed by atoms with Crippen molar-refractivity contribution in [3.8, 4) is 5.88 Å². The van der Waals surface area contributed by atoms with E-state index < -0.39 is 0 Å². The molecule has 0 aliphatic carbocycles. The van der Waals surface area contributed by atoms with Crippen molar-refractivity contribution in [1.82, 2.24) is 9.97 Å². The molecule has 0 bridgehead atoms. The molecule has 2 aromatic carbocycles. The number of rotatable bonds is 4. The van der Waals surface area contributed by atoms with Gasteiger partial charge in [0.05, 0.1) is 23.1 Å². The van der Waals surface area contributed by atoms with Gasteiger partial charge in [0.2, 0.25) is 0 Å². The SMILES string of the molecule is Cc1nc2ccccc2nc1OOSc1ccccc1. The highest BCUT2D eigenvalue weighted by Gasteiger charge is 2.07. The quantitative estimate of drug-likeness (QED) is 0.412. The van der Waals surface area contributed by atoms with E-state index in [1.807, 2.05) is 61.5 Å². The first-order chi connectivity index (χ1) is 9.83. The van der Waals surface area contributed by atoms with Crippen LogP contribution in [0, 0.1) is 6.92 Å². The summed E-state index contributed by atoms with van der Waals surface area (Å²) < 4.78 is 5.15. The third kappa shape index (κ3) is 2.89. The molecule has 0 unspecified atom stereocenters. The number of para-hydroxylation sites is 2. The molecule has 20 heavy (non-hydrogen) atoms. The molecule has 1 heterocycles. The maximum Gasteiger partial charge on any atom is 0.279 e. The zero-order valence-electron chi connectivity index (χ0n) is 10.8. The summed E-state index contributed by atoms with van der Waals surface area (Å²) in [6, 6.07) is 17.3. The second-order valence-electron chi connectivity index (χ2n) is 4.15. The Kier molecular flexibility index (Phi) is 3.80. The van der Waals surface area contributed by atoms with Crippen LogP contribution >= 0.6 is 12.0 Å². The molecule has 0 aliphatic rings. The molecule has 0 radical (unpaired) electrons. The predicted molar refractivity (Wildman–Crippen MR) is 78.3 cm³/mol. The van der Waals surface area contributed by atoms with E-state index in [1.54, 1.807) is 0 Å². The predicted octanol–water partition coefficient (Wildman–Crippen LogP) is 3.96. The summed E-state index contributed by atoms with van der Waals surface area (Å²) in [5, 5.41) is 0. The summed E-state index contributed by atoms with van der Waals surface area (Å²) >= 11 is 1.14. The van der Waals surface area contributed by atoms with E-state index in [2.05, 4.69) is 9.97 Å². The van der Waals surface area contributed by atoms with Crippen LogP contribution in [-0.2, 0) is 4.33 Å². The topological polar surface area (TPSA) is 44.2 Å². The van der Waals surface area contributed by atoms with Crippen LogP contribution in [0.2, 0.25) is 0 Å². The average Bonchev–Trinajstić information content (AvgIpc) is 2.49. The van der Waals surface area contributed by atoms with Gasteiger partial charge in [-0.1, -0.05) is 30.3 Å². The Morgan fingerprint density at radius 2 is 1.50 bits per heavy atom. The van der Waals surface area contributed by atoms with Crippen LogP contribution in [0.5, 0.6) is 5.88 Å². The van der Waals surface area contributed by atoms with Gasteiger partial charge in [-0.25, -0.2) is 9.97 Å². The highest BCUT2D eigenvalue weighted by molar-refractivity contribution is 7.94. The summed E-state index contributed by atoms with van der Waals surface area (Å²) in [5.74, 6) is 0.382. The molecule has 0 spiro atoms. The van der Waals surface area contributed by atoms with Gasteiger partial charge in [-0.2, -0.15) is 0 Å². The van der Waals surface area contributed by atoms with E-state index >= 15 is 0 Å². The van der Waals surface area contributed by atoms with E-state index in [-0.39, 0.29) is 0 Å². The Bertz CT molecular complexity index is 719. The summed E-state index contributed by atoms with van der Waals surface area (Å²) in [7, 11) is 0. The number of hydrogen-bond donors (Lipinski definition) is 0. The van der Waals surface area contributed by atoms with Gasteiger partial charge in [0, 0.05) is 4.90 Å². The number of aromatic nitrogens is 2. The molecule has 0 amide bonds. The molecule has 3 aromatic rings. The normalized spacial score (nSPS) is 10.7. The minimum Gasteiger partial charge on any atom is -0.302 e. The molecule has 0 atom stereocenters. The molecule has 100 valence electrons. The van der Waals surface area contributed by atoms with Gasteiger partial charge in [-0.15, -0.1) is 4.33 Å². The molecule has 0 saturated heterocycles. The Morgan fingerprint density at radius 1 is 0.850 bits per heavy atom. The van der Waals surface area contributed by atoms with Crippen LogP contribution in [0.25, 0.3) is 11.0 Å². The maximum atomic E-state index is 5.24. The first kappa shape index (κ1) is 12.9. The highest BCUT2D eigenvalue weighted by Crippen LogP contribution is 2.22. The van der Waals surface area contributed by atoms with Crippen LogP contribution in [0.15, 0.2) is 59.5 Å². The molecule has 0 fully saturated rings. The lowest BCUT2D eigenvalue weighted by Gasteiger charge is -2.06. The van der Waals surface area contributed by atoms with Crippen molar-refractivity contribution in [2.45, 2.75) is 11.8 Å². The van der Waals surface area contributed by atoms with Crippen LogP contribution in [0.1, 0.15) is 5.69 Å². The van der Waals surface area contributed by atoms with Gasteiger partial charge in [0.15, 0.2) is 0 Å². The first-order valence-electron chi connectivity index (χ1n) is 6.12. The zero-order valence-corrected chi connectivity index (χ0v) is 11.6. The Balaban J connectivity index is 1.72. The van der Waals surface area contributed by atoms with E-state index in [0.717, 1.165) is 28.0 Å². The van der Waals surface area contributed by atoms with Gasteiger partial charge in [-0.05, 0) is 31.2 Å². The first-order valence-corrected chi connectivity index (χ1v) is 6.87. The summed E-state index contributed by atoms with van der Waals surface area (Å²) in [5.41, 5.74) is 2.31. The fourth-order valence-corrected chi connectivity index (χ4v) is 2.16. The summed E-state index contributed by atoms with van der Waals surface area (Å²) in [6.45, 7) is 1.84. The van der Waals surface area contributed by atoms with E-state index in [9.17, 15) is 0 Å². The molecule has 1 aromatic heterocycles. The number of benzene rings is 2. The van der Waals surface area contributed by atoms with Gasteiger partial charge >= 0.3 is 0 Å². The third-order valence-corrected chi connectivity index (χ3v) is 3.29. The monoisotopic (exact) mass is 284 g/mol. The molecule has 3 rings (SSSR count). The molecular weight excluding hydrogens is 272 g/mol. The lowest BCUT2D eigenvalue weighted by atomic mass is 10.3. The fourth-order valence-electron chi connectivity index (χ4n) is 1.72. The van der Waals surface area contributed by atoms with Crippen LogP contribution in [0.3, 0.4) is 0 Å². The molecule has 5 heteroatoms. The van der Waals surface area contributed by atoms with Crippen molar-refractivity contribution in [3.05, 3.63) is 60.3 Å². The third-order valence-electron chi connectivity index (χ3n) is 2.69. The largest absolute Gasteiger partial charge is 0.302 e. The maximum absolute atomic E-state index is 5.24. The van der Waals surface area contributed by atoms with Gasteiger partial charge < -0.3 is 4.89 Å². The summed E-state index contributed by atoms with van der Waals surface area (Å²) in [6.07, 6.45) is 0. The number of fused-ring (bicyclic) bond motifs is 1. The fraction of sp³-hybridized carbons (Fsp3) is 0.0667. The molecule has 0 saturated carbocycles.